The van der Waals surface area contributed by atoms with Crippen molar-refractivity contribution in [2.45, 2.75) is 13.3 Å². The van der Waals surface area contributed by atoms with E-state index in [0.717, 1.165) is 23.3 Å². The van der Waals surface area contributed by atoms with Gasteiger partial charge in [0.1, 0.15) is 17.2 Å². The van der Waals surface area contributed by atoms with Crippen molar-refractivity contribution < 1.29 is 14.4 Å². The first kappa shape index (κ1) is 10.0. The molecule has 0 amide bonds. The largest absolute Gasteiger partial charge is 0.507 e. The second-order valence-electron chi connectivity index (χ2n) is 4.11. The minimum Gasteiger partial charge on any atom is -0.507 e. The summed E-state index contributed by atoms with van der Waals surface area (Å²) in [6, 6.07) is 3.44. The maximum absolute atomic E-state index is 10.1. The molecule has 0 aliphatic carbocycles. The Morgan fingerprint density at radius 3 is 2.94 bits per heavy atom. The van der Waals surface area contributed by atoms with Gasteiger partial charge in [-0.15, -0.1) is 0 Å². The molecule has 1 aliphatic rings. The third-order valence-corrected chi connectivity index (χ3v) is 2.95. The summed E-state index contributed by atoms with van der Waals surface area (Å²) in [6.45, 7) is 2.45. The van der Waals surface area contributed by atoms with Crippen LogP contribution >= 0.6 is 0 Å². The highest BCUT2D eigenvalue weighted by Gasteiger charge is 2.24. The van der Waals surface area contributed by atoms with E-state index in [1.807, 2.05) is 13.0 Å². The summed E-state index contributed by atoms with van der Waals surface area (Å²) < 4.78 is 10.4. The maximum Gasteiger partial charge on any atom is 0.222 e. The van der Waals surface area contributed by atoms with Crippen molar-refractivity contribution in [3.05, 3.63) is 23.3 Å². The van der Waals surface area contributed by atoms with Gasteiger partial charge in [0.2, 0.25) is 5.88 Å². The zero-order valence-corrected chi connectivity index (χ0v) is 9.36. The van der Waals surface area contributed by atoms with Crippen LogP contribution in [0.5, 0.6) is 11.5 Å². The molecule has 0 saturated heterocycles. The number of nitrogens with zero attached hydrogens (tertiary/aromatic N) is 1. The number of phenols is 1. The number of ether oxygens (including phenoxy) is 1. The lowest BCUT2D eigenvalue weighted by atomic mass is 9.98. The van der Waals surface area contributed by atoms with Crippen molar-refractivity contribution in [1.82, 2.24) is 5.16 Å². The molecule has 1 aromatic carbocycles. The molecule has 0 saturated carbocycles. The number of phenolic OH excluding ortho intramolecular Hbond substituents is 1. The molecule has 0 unspecified atom stereocenters. The topological polar surface area (TPSA) is 81.5 Å². The first-order chi connectivity index (χ1) is 8.16. The molecule has 0 spiro atoms. The number of rotatable bonds is 1. The molecule has 2 aromatic rings. The van der Waals surface area contributed by atoms with E-state index in [0.29, 0.717) is 17.9 Å². The molecule has 0 radical (unpaired) electrons. The number of nitrogen functional groups attached to an aromatic ring is 1. The second kappa shape index (κ2) is 3.41. The number of benzene rings is 1. The van der Waals surface area contributed by atoms with Gasteiger partial charge in [0, 0.05) is 18.1 Å². The zero-order valence-electron chi connectivity index (χ0n) is 9.36. The Morgan fingerprint density at radius 1 is 1.41 bits per heavy atom. The monoisotopic (exact) mass is 232 g/mol. The van der Waals surface area contributed by atoms with Crippen LogP contribution in [-0.4, -0.2) is 16.9 Å². The normalized spacial score (nSPS) is 13.5. The molecular formula is C12H12N2O3. The van der Waals surface area contributed by atoms with E-state index in [4.69, 9.17) is 15.0 Å². The van der Waals surface area contributed by atoms with Crippen LogP contribution in [0.25, 0.3) is 11.3 Å². The molecule has 0 bridgehead atoms. The van der Waals surface area contributed by atoms with Crippen LogP contribution in [0.3, 0.4) is 0 Å². The number of aromatic hydroxyl groups is 1. The van der Waals surface area contributed by atoms with E-state index in [1.165, 1.54) is 0 Å². The van der Waals surface area contributed by atoms with Crippen molar-refractivity contribution in [1.29, 1.82) is 0 Å². The van der Waals surface area contributed by atoms with Crippen LogP contribution in [0, 0.1) is 6.92 Å². The summed E-state index contributed by atoms with van der Waals surface area (Å²) in [6.07, 6.45) is 0.755. The molecule has 5 nitrogen and oxygen atoms in total. The van der Waals surface area contributed by atoms with Gasteiger partial charge in [-0.25, -0.2) is 0 Å². The quantitative estimate of drug-likeness (QED) is 0.784. The summed E-state index contributed by atoms with van der Waals surface area (Å²) in [4.78, 5) is 0. The van der Waals surface area contributed by atoms with Gasteiger partial charge < -0.3 is 20.1 Å². The van der Waals surface area contributed by atoms with E-state index < -0.39 is 0 Å². The first-order valence-corrected chi connectivity index (χ1v) is 5.37. The minimum absolute atomic E-state index is 0.211. The van der Waals surface area contributed by atoms with Crippen molar-refractivity contribution in [3.63, 3.8) is 0 Å². The third-order valence-electron chi connectivity index (χ3n) is 2.95. The highest BCUT2D eigenvalue weighted by Crippen LogP contribution is 2.42. The van der Waals surface area contributed by atoms with E-state index in [-0.39, 0.29) is 11.6 Å². The lowest BCUT2D eigenvalue weighted by molar-refractivity contribution is 0.356. The molecule has 1 aromatic heterocycles. The summed E-state index contributed by atoms with van der Waals surface area (Å²) in [5.41, 5.74) is 8.43. The van der Waals surface area contributed by atoms with E-state index in [9.17, 15) is 5.11 Å². The van der Waals surface area contributed by atoms with Gasteiger partial charge in [0.05, 0.1) is 12.2 Å². The van der Waals surface area contributed by atoms with Gasteiger partial charge in [-0.2, -0.15) is 0 Å². The van der Waals surface area contributed by atoms with Gasteiger partial charge in [-0.05, 0) is 18.6 Å². The smallest absolute Gasteiger partial charge is 0.222 e. The minimum atomic E-state index is 0.211. The first-order valence-electron chi connectivity index (χ1n) is 5.37. The molecule has 0 fully saturated rings. The highest BCUT2D eigenvalue weighted by atomic mass is 16.5. The molecule has 1 aliphatic heterocycles. The van der Waals surface area contributed by atoms with Crippen LogP contribution < -0.4 is 10.5 Å². The Morgan fingerprint density at radius 2 is 2.24 bits per heavy atom. The highest BCUT2D eigenvalue weighted by molar-refractivity contribution is 5.77. The number of hydrogen-bond donors (Lipinski definition) is 2. The van der Waals surface area contributed by atoms with Crippen LogP contribution in [-0.2, 0) is 6.42 Å². The van der Waals surface area contributed by atoms with Gasteiger partial charge in [-0.3, -0.25) is 0 Å². The summed E-state index contributed by atoms with van der Waals surface area (Å²) >= 11 is 0. The fourth-order valence-corrected chi connectivity index (χ4v) is 2.14. The van der Waals surface area contributed by atoms with Crippen molar-refractivity contribution in [2.75, 3.05) is 12.3 Å². The maximum atomic E-state index is 10.1. The van der Waals surface area contributed by atoms with Gasteiger partial charge in [0.15, 0.2) is 0 Å². The predicted molar refractivity (Wildman–Crippen MR) is 62.0 cm³/mol. The number of hydrogen-bond acceptors (Lipinski definition) is 5. The van der Waals surface area contributed by atoms with Crippen LogP contribution in [0.4, 0.5) is 5.88 Å². The lowest BCUT2D eigenvalue weighted by Crippen LogP contribution is -1.90. The van der Waals surface area contributed by atoms with Crippen molar-refractivity contribution >= 4 is 5.88 Å². The molecule has 0 atom stereocenters. The number of nitrogens with two attached hydrogens (primary N) is 1. The SMILES string of the molecule is Cc1cc2c(c(-c3cc(N)on3)c1O)CCO2. The van der Waals surface area contributed by atoms with Gasteiger partial charge >= 0.3 is 0 Å². The molecule has 88 valence electrons. The third kappa shape index (κ3) is 1.43. The summed E-state index contributed by atoms with van der Waals surface area (Å²) in [5.74, 6) is 1.24. The predicted octanol–water partition coefficient (Wildman–Crippen LogP) is 1.87. The Kier molecular flexibility index (Phi) is 2.01. The Balaban J connectivity index is 2.28. The average Bonchev–Trinajstić information content (AvgIpc) is 2.89. The molecule has 17 heavy (non-hydrogen) atoms. The van der Waals surface area contributed by atoms with E-state index in [1.54, 1.807) is 6.07 Å². The lowest BCUT2D eigenvalue weighted by Gasteiger charge is -2.09. The molecule has 3 rings (SSSR count). The van der Waals surface area contributed by atoms with Crippen LogP contribution in [0.2, 0.25) is 0 Å². The zero-order chi connectivity index (χ0) is 12.0. The summed E-state index contributed by atoms with van der Waals surface area (Å²) in [5, 5.41) is 14.0. The number of anilines is 1. The van der Waals surface area contributed by atoms with Crippen molar-refractivity contribution in [3.8, 4) is 22.8 Å². The Bertz CT molecular complexity index is 590. The molecular weight excluding hydrogens is 220 g/mol. The molecule has 3 N–H and O–H groups in total. The van der Waals surface area contributed by atoms with E-state index >= 15 is 0 Å². The number of aryl methyl sites for hydroxylation is 1. The van der Waals surface area contributed by atoms with Gasteiger partial charge in [0.25, 0.3) is 0 Å². The van der Waals surface area contributed by atoms with Crippen LogP contribution in [0.15, 0.2) is 16.7 Å². The fourth-order valence-electron chi connectivity index (χ4n) is 2.14. The fraction of sp³-hybridized carbons (Fsp3) is 0.250. The number of aromatic nitrogens is 1. The second-order valence-corrected chi connectivity index (χ2v) is 4.11. The van der Waals surface area contributed by atoms with Gasteiger partial charge in [-0.1, -0.05) is 5.16 Å². The average molecular weight is 232 g/mol. The molecule has 2 heterocycles. The van der Waals surface area contributed by atoms with Crippen LogP contribution in [0.1, 0.15) is 11.1 Å². The number of fused-ring (bicyclic) bond motifs is 1. The Labute approximate surface area is 97.8 Å². The van der Waals surface area contributed by atoms with Crippen molar-refractivity contribution in [2.24, 2.45) is 0 Å². The Hall–Kier alpha value is -2.17. The standard InChI is InChI=1S/C12H12N2O3/c1-6-4-9-7(2-3-16-9)11(12(6)15)8-5-10(13)17-14-8/h4-5,15H,2-3,13H2,1H3. The van der Waals surface area contributed by atoms with E-state index in [2.05, 4.69) is 5.16 Å². The summed E-state index contributed by atoms with van der Waals surface area (Å²) in [7, 11) is 0. The molecule has 5 heteroatoms.